The largest absolute Gasteiger partial charge is 0.497 e. The number of rotatable bonds is 24. The number of ether oxygens (including phenoxy) is 12. The molecular weight excluding hydrogens is 1050 g/mol. The molecule has 3 saturated heterocycles. The van der Waals surface area contributed by atoms with Gasteiger partial charge < -0.3 is 77.3 Å². The summed E-state index contributed by atoms with van der Waals surface area (Å²) in [7, 11) is 4.58. The summed E-state index contributed by atoms with van der Waals surface area (Å²) in [5.74, 6) is 0.266. The molecule has 5 aliphatic rings. The second kappa shape index (κ2) is 25.7. The summed E-state index contributed by atoms with van der Waals surface area (Å²) in [6.45, 7) is 4.13. The van der Waals surface area contributed by atoms with E-state index in [-0.39, 0.29) is 51.3 Å². The topological polar surface area (TPSA) is 218 Å². The number of fused-ring (bicyclic) bond motifs is 4. The summed E-state index contributed by atoms with van der Waals surface area (Å²) < 4.78 is 85.9. The molecule has 1 aliphatic carbocycles. The third-order valence-electron chi connectivity index (χ3n) is 15.5. The Morgan fingerprint density at radius 1 is 0.765 bits per heavy atom. The van der Waals surface area contributed by atoms with Crippen molar-refractivity contribution >= 4 is 29.0 Å². The highest BCUT2D eigenvalue weighted by Gasteiger charge is 2.56. The van der Waals surface area contributed by atoms with E-state index < -0.39 is 72.6 Å². The molecule has 10 rings (SSSR count). The van der Waals surface area contributed by atoms with E-state index in [0.717, 1.165) is 43.4 Å². The number of aliphatic hydroxyl groups is 2. The number of halogens is 1. The first-order valence-corrected chi connectivity index (χ1v) is 27.5. The standard InChI is InChI=1S/C61H69FN2O17/c1-34(65)64(46-27-38(62)17-20-47(46)79-40-15-11-9-12-16-40)30-37-24-41(70-3)18-19-45(37)63-22-13-8-6-7-10-14-39(66)21-23-73-58-50(71-4)25-36(26-51(58)72-5)53-42-28-48-49(77-33-76-48)29-43(42)57(44-31-75-60(69)54(44)53)81-61-56(68)55(67)59-52(80-61)32-74-35(2)78-59/h9,11-12,15-20,24-29,35,44,52-57,59,61,63,67-68H,6-8,10,13-14,21-23,30-33H2,1-5H3/t35?,44-,52?,53+,54-,55?,56?,57+,59?,61?/m0/s1. The lowest BCUT2D eigenvalue weighted by Gasteiger charge is -2.47. The number of benzene rings is 5. The first-order valence-electron chi connectivity index (χ1n) is 27.5. The van der Waals surface area contributed by atoms with E-state index in [1.807, 2.05) is 48.5 Å². The Morgan fingerprint density at radius 3 is 2.25 bits per heavy atom. The van der Waals surface area contributed by atoms with Crippen molar-refractivity contribution in [2.75, 3.05) is 64.7 Å². The van der Waals surface area contributed by atoms with Crippen LogP contribution in [0.3, 0.4) is 0 Å². The minimum absolute atomic E-state index is 0.00665. The van der Waals surface area contributed by atoms with E-state index >= 15 is 0 Å². The van der Waals surface area contributed by atoms with Crippen LogP contribution in [0.25, 0.3) is 0 Å². The van der Waals surface area contributed by atoms with Gasteiger partial charge in [0.25, 0.3) is 0 Å². The molecular formula is C61H69FN2O17. The molecule has 4 aliphatic heterocycles. The quantitative estimate of drug-likeness (QED) is 0.0388. The molecule has 432 valence electrons. The Balaban J connectivity index is 0.728. The van der Waals surface area contributed by atoms with Crippen LogP contribution in [0.5, 0.6) is 46.0 Å². The molecule has 0 saturated carbocycles. The molecule has 19 nitrogen and oxygen atoms in total. The van der Waals surface area contributed by atoms with Gasteiger partial charge in [0.1, 0.15) is 47.5 Å². The maximum atomic E-state index is 14.7. The number of nitrogens with zero attached hydrogens (tertiary/aromatic N) is 1. The minimum atomic E-state index is -1.48. The molecule has 5 aromatic rings. The van der Waals surface area contributed by atoms with Gasteiger partial charge in [-0.15, -0.1) is 0 Å². The van der Waals surface area contributed by atoms with Crippen molar-refractivity contribution in [1.82, 2.24) is 0 Å². The summed E-state index contributed by atoms with van der Waals surface area (Å²) in [5.41, 5.74) is 3.88. The van der Waals surface area contributed by atoms with Gasteiger partial charge in [0.2, 0.25) is 18.4 Å². The van der Waals surface area contributed by atoms with Crippen molar-refractivity contribution in [3.05, 3.63) is 119 Å². The lowest BCUT2D eigenvalue weighted by Crippen LogP contribution is -2.63. The Labute approximate surface area is 469 Å². The Morgan fingerprint density at radius 2 is 1.51 bits per heavy atom. The highest BCUT2D eigenvalue weighted by atomic mass is 19.1. The SMILES string of the molecule is COc1ccc(NCCCCCCCC(=O)CCOc2c(OC)cc([C@@H]3c4cc5c(cc4[C@@H](OC4OC6COC(C)OC6C(O)C4O)[C@H]4COC(=O)[C@H]34)OCO5)cc2OC)c(CN(C(C)=O)c2cc(F)ccc2Oc2ccccc2)c1. The maximum absolute atomic E-state index is 14.7. The van der Waals surface area contributed by atoms with Crippen molar-refractivity contribution in [2.24, 2.45) is 11.8 Å². The van der Waals surface area contributed by atoms with E-state index in [4.69, 9.17) is 56.8 Å². The molecule has 20 heteroatoms. The number of ketones is 1. The molecule has 3 N–H and O–H groups in total. The molecule has 10 atom stereocenters. The van der Waals surface area contributed by atoms with Crippen LogP contribution < -0.4 is 43.4 Å². The fourth-order valence-electron chi connectivity index (χ4n) is 11.4. The lowest BCUT2D eigenvalue weighted by molar-refractivity contribution is -0.364. The molecule has 0 aromatic heterocycles. The number of hydrogen-bond acceptors (Lipinski definition) is 18. The number of methoxy groups -OCH3 is 3. The van der Waals surface area contributed by atoms with Crippen LogP contribution in [0.1, 0.15) is 93.1 Å². The zero-order chi connectivity index (χ0) is 56.7. The summed E-state index contributed by atoms with van der Waals surface area (Å²) >= 11 is 0. The first-order chi connectivity index (χ1) is 39.3. The fraction of sp³-hybridized carbons (Fsp3) is 0.459. The van der Waals surface area contributed by atoms with Gasteiger partial charge >= 0.3 is 5.97 Å². The highest BCUT2D eigenvalue weighted by molar-refractivity contribution is 5.93. The number of cyclic esters (lactones) is 1. The number of anilines is 2. The Hall–Kier alpha value is -7.20. The summed E-state index contributed by atoms with van der Waals surface area (Å²) in [4.78, 5) is 41.7. The van der Waals surface area contributed by atoms with Gasteiger partial charge in [0, 0.05) is 49.9 Å². The van der Waals surface area contributed by atoms with Crippen LogP contribution in [0.15, 0.2) is 91.0 Å². The monoisotopic (exact) mass is 1120 g/mol. The smallest absolute Gasteiger partial charge is 0.310 e. The molecule has 0 bridgehead atoms. The van der Waals surface area contributed by atoms with Gasteiger partial charge in [-0.2, -0.15) is 0 Å². The predicted molar refractivity (Wildman–Crippen MR) is 291 cm³/mol. The van der Waals surface area contributed by atoms with E-state index in [9.17, 15) is 29.0 Å². The van der Waals surface area contributed by atoms with Crippen molar-refractivity contribution in [3.8, 4) is 46.0 Å². The zero-order valence-corrected chi connectivity index (χ0v) is 46.0. The second-order valence-electron chi connectivity index (χ2n) is 20.7. The first kappa shape index (κ1) is 57.1. The highest BCUT2D eigenvalue weighted by Crippen LogP contribution is 2.57. The van der Waals surface area contributed by atoms with E-state index in [0.29, 0.717) is 81.3 Å². The molecule has 0 radical (unpaired) electrons. The van der Waals surface area contributed by atoms with Gasteiger partial charge in [0.05, 0.1) is 65.4 Å². The number of para-hydroxylation sites is 1. The summed E-state index contributed by atoms with van der Waals surface area (Å²) in [6.07, 6.45) is -2.22. The zero-order valence-electron chi connectivity index (χ0n) is 46.0. The van der Waals surface area contributed by atoms with Crippen molar-refractivity contribution in [2.45, 2.75) is 114 Å². The average molecular weight is 1120 g/mol. The van der Waals surface area contributed by atoms with Crippen LogP contribution in [0, 0.1) is 17.7 Å². The average Bonchev–Trinajstić information content (AvgIpc) is 4.24. The molecule has 4 heterocycles. The van der Waals surface area contributed by atoms with E-state index in [1.165, 1.54) is 44.2 Å². The van der Waals surface area contributed by atoms with Gasteiger partial charge in [-0.3, -0.25) is 14.4 Å². The number of unbranched alkanes of at least 4 members (excludes halogenated alkanes) is 4. The number of nitrogens with one attached hydrogen (secondary N) is 1. The van der Waals surface area contributed by atoms with Gasteiger partial charge in [0.15, 0.2) is 41.3 Å². The number of Topliss-reactive ketones (excluding diaryl/α,β-unsaturated/α-hetero) is 1. The van der Waals surface area contributed by atoms with Crippen LogP contribution in [-0.2, 0) is 44.6 Å². The predicted octanol–water partition coefficient (Wildman–Crippen LogP) is 8.92. The van der Waals surface area contributed by atoms with E-state index in [2.05, 4.69) is 5.32 Å². The molecule has 0 spiro atoms. The van der Waals surface area contributed by atoms with Gasteiger partial charge in [-0.05, 0) is 109 Å². The molecule has 1 amide bonds. The lowest BCUT2D eigenvalue weighted by atomic mass is 9.66. The van der Waals surface area contributed by atoms with E-state index in [1.54, 1.807) is 38.3 Å². The van der Waals surface area contributed by atoms with Crippen molar-refractivity contribution < 1.29 is 85.8 Å². The number of carbonyl (C=O) groups is 3. The van der Waals surface area contributed by atoms with Crippen LogP contribution in [-0.4, -0.2) is 119 Å². The second-order valence-corrected chi connectivity index (χ2v) is 20.7. The van der Waals surface area contributed by atoms with Gasteiger partial charge in [-0.1, -0.05) is 37.5 Å². The fourth-order valence-corrected chi connectivity index (χ4v) is 11.4. The number of carbonyl (C=O) groups excluding carboxylic acids is 3. The van der Waals surface area contributed by atoms with Crippen molar-refractivity contribution in [3.63, 3.8) is 0 Å². The minimum Gasteiger partial charge on any atom is -0.497 e. The Bertz CT molecular complexity index is 3010. The number of amides is 1. The maximum Gasteiger partial charge on any atom is 0.310 e. The summed E-state index contributed by atoms with van der Waals surface area (Å²) in [5, 5.41) is 26.0. The van der Waals surface area contributed by atoms with Crippen molar-refractivity contribution in [1.29, 1.82) is 0 Å². The Kier molecular flexibility index (Phi) is 18.1. The normalized spacial score (nSPS) is 24.2. The summed E-state index contributed by atoms with van der Waals surface area (Å²) in [6, 6.07) is 26.1. The third kappa shape index (κ3) is 12.7. The molecule has 81 heavy (non-hydrogen) atoms. The van der Waals surface area contributed by atoms with Gasteiger partial charge in [-0.25, -0.2) is 4.39 Å². The molecule has 6 unspecified atom stereocenters. The molecule has 3 fully saturated rings. The number of aliphatic hydroxyl groups excluding tert-OH is 2. The molecule has 5 aromatic carbocycles. The van der Waals surface area contributed by atoms with Crippen LogP contribution >= 0.6 is 0 Å². The van der Waals surface area contributed by atoms with Crippen LogP contribution in [0.2, 0.25) is 0 Å². The number of hydrogen-bond donors (Lipinski definition) is 3. The third-order valence-corrected chi connectivity index (χ3v) is 15.5. The van der Waals surface area contributed by atoms with Crippen LogP contribution in [0.4, 0.5) is 15.8 Å². The number of esters is 1.